The number of carbonyl (C=O) groups is 2. The molecular weight excluding hydrogens is 444 g/mol. The average Bonchev–Trinajstić information content (AvgIpc) is 3.38. The fourth-order valence-electron chi connectivity index (χ4n) is 4.80. The third-order valence-corrected chi connectivity index (χ3v) is 6.70. The lowest BCUT2D eigenvalue weighted by Crippen LogP contribution is -2.47. The Hall–Kier alpha value is -2.90. The van der Waals surface area contributed by atoms with Gasteiger partial charge in [0, 0.05) is 32.1 Å². The van der Waals surface area contributed by atoms with Gasteiger partial charge in [0.05, 0.1) is 6.04 Å². The molecule has 1 N–H and O–H groups in total. The van der Waals surface area contributed by atoms with Crippen molar-refractivity contribution >= 4 is 11.7 Å². The quantitative estimate of drug-likeness (QED) is 0.488. The molecule has 0 radical (unpaired) electrons. The van der Waals surface area contributed by atoms with Crippen molar-refractivity contribution in [2.75, 3.05) is 40.0 Å². The highest BCUT2D eigenvalue weighted by molar-refractivity contribution is 5.96. The first-order valence-electron chi connectivity index (χ1n) is 12.6. The molecule has 2 heterocycles. The number of methoxy groups -OCH3 is 1. The van der Waals surface area contributed by atoms with Crippen LogP contribution in [-0.4, -0.2) is 62.6 Å². The molecule has 188 valence electrons. The van der Waals surface area contributed by atoms with Gasteiger partial charge in [-0.1, -0.05) is 35.9 Å². The highest BCUT2D eigenvalue weighted by Crippen LogP contribution is 2.34. The Morgan fingerprint density at radius 1 is 1.00 bits per heavy atom. The van der Waals surface area contributed by atoms with E-state index in [4.69, 9.17) is 14.2 Å². The van der Waals surface area contributed by atoms with Crippen LogP contribution in [0.15, 0.2) is 42.5 Å². The molecule has 2 aromatic rings. The van der Waals surface area contributed by atoms with Crippen LogP contribution in [0, 0.1) is 6.92 Å². The van der Waals surface area contributed by atoms with Crippen LogP contribution in [0.3, 0.4) is 0 Å². The molecule has 1 amide bonds. The fourth-order valence-corrected chi connectivity index (χ4v) is 4.80. The Morgan fingerprint density at radius 2 is 1.71 bits per heavy atom. The standard InChI is InChI=1S/C28H36N2O5/c1-20-8-10-21(11-9-20)24(31)6-5-7-27(32)29-23(19-30-14-3-4-15-30)28(33-2)22-12-13-25-26(18-22)35-17-16-34-25/h8-13,18,23,28H,3-7,14-17,19H2,1-2H3,(H,29,32)/t23-,28?/m1/s1. The number of amides is 1. The van der Waals surface area contributed by atoms with E-state index in [1.807, 2.05) is 49.4 Å². The topological polar surface area (TPSA) is 77.1 Å². The number of nitrogens with zero attached hydrogens (tertiary/aromatic N) is 1. The first-order chi connectivity index (χ1) is 17.0. The molecule has 1 unspecified atom stereocenters. The number of hydrogen-bond donors (Lipinski definition) is 1. The summed E-state index contributed by atoms with van der Waals surface area (Å²) in [7, 11) is 1.67. The average molecular weight is 481 g/mol. The first-order valence-corrected chi connectivity index (χ1v) is 12.6. The molecule has 4 rings (SSSR count). The minimum absolute atomic E-state index is 0.0644. The van der Waals surface area contributed by atoms with E-state index in [2.05, 4.69) is 10.2 Å². The number of hydrogen-bond acceptors (Lipinski definition) is 6. The van der Waals surface area contributed by atoms with Gasteiger partial charge in [0.25, 0.3) is 0 Å². The molecule has 0 saturated carbocycles. The molecule has 1 saturated heterocycles. The zero-order valence-electron chi connectivity index (χ0n) is 20.8. The van der Waals surface area contributed by atoms with Crippen molar-refractivity contribution < 1.29 is 23.8 Å². The molecule has 2 atom stereocenters. The van der Waals surface area contributed by atoms with Crippen LogP contribution in [0.4, 0.5) is 0 Å². The summed E-state index contributed by atoms with van der Waals surface area (Å²) < 4.78 is 17.3. The molecule has 0 spiro atoms. The lowest BCUT2D eigenvalue weighted by Gasteiger charge is -2.31. The van der Waals surface area contributed by atoms with Crippen LogP contribution in [0.25, 0.3) is 0 Å². The maximum atomic E-state index is 12.9. The summed E-state index contributed by atoms with van der Waals surface area (Å²) in [5, 5.41) is 3.21. The number of likely N-dealkylation sites (tertiary alicyclic amines) is 1. The van der Waals surface area contributed by atoms with E-state index >= 15 is 0 Å². The van der Waals surface area contributed by atoms with Gasteiger partial charge in [0.15, 0.2) is 17.3 Å². The highest BCUT2D eigenvalue weighted by Gasteiger charge is 2.29. The number of benzene rings is 2. The maximum absolute atomic E-state index is 12.9. The fraction of sp³-hybridized carbons (Fsp3) is 0.500. The van der Waals surface area contributed by atoms with Crippen LogP contribution < -0.4 is 14.8 Å². The van der Waals surface area contributed by atoms with Crippen molar-refractivity contribution in [3.05, 3.63) is 59.2 Å². The summed E-state index contributed by atoms with van der Waals surface area (Å²) in [6, 6.07) is 13.2. The van der Waals surface area contributed by atoms with Crippen LogP contribution in [0.1, 0.15) is 59.7 Å². The molecular formula is C28H36N2O5. The van der Waals surface area contributed by atoms with E-state index in [0.29, 0.717) is 50.3 Å². The van der Waals surface area contributed by atoms with Crippen molar-refractivity contribution in [1.29, 1.82) is 0 Å². The van der Waals surface area contributed by atoms with Crippen molar-refractivity contribution in [3.63, 3.8) is 0 Å². The van der Waals surface area contributed by atoms with E-state index in [-0.39, 0.29) is 23.8 Å². The van der Waals surface area contributed by atoms with Crippen molar-refractivity contribution in [2.45, 2.75) is 51.2 Å². The van der Waals surface area contributed by atoms with Crippen LogP contribution >= 0.6 is 0 Å². The molecule has 35 heavy (non-hydrogen) atoms. The van der Waals surface area contributed by atoms with Gasteiger partial charge in [0.1, 0.15) is 19.3 Å². The second kappa shape index (κ2) is 12.2. The van der Waals surface area contributed by atoms with Gasteiger partial charge >= 0.3 is 0 Å². The van der Waals surface area contributed by atoms with E-state index in [1.165, 1.54) is 12.8 Å². The van der Waals surface area contributed by atoms with Gasteiger partial charge < -0.3 is 24.4 Å². The molecule has 0 aliphatic carbocycles. The second-order valence-corrected chi connectivity index (χ2v) is 9.38. The summed E-state index contributed by atoms with van der Waals surface area (Å²) in [6.45, 7) is 5.81. The molecule has 7 nitrogen and oxygen atoms in total. The Morgan fingerprint density at radius 3 is 2.43 bits per heavy atom. The zero-order chi connectivity index (χ0) is 24.6. The molecule has 0 bridgehead atoms. The first kappa shape index (κ1) is 25.2. The Kier molecular flexibility index (Phi) is 8.77. The van der Waals surface area contributed by atoms with E-state index in [1.54, 1.807) is 7.11 Å². The number of nitrogens with one attached hydrogen (secondary N) is 1. The lowest BCUT2D eigenvalue weighted by atomic mass is 10.00. The van der Waals surface area contributed by atoms with E-state index in [9.17, 15) is 9.59 Å². The Balaban J connectivity index is 1.39. The minimum atomic E-state index is -0.329. The summed E-state index contributed by atoms with van der Waals surface area (Å²) in [5.41, 5.74) is 2.76. The Labute approximate surface area is 207 Å². The van der Waals surface area contributed by atoms with Crippen molar-refractivity contribution in [3.8, 4) is 11.5 Å². The number of aryl methyl sites for hydroxylation is 1. The summed E-state index contributed by atoms with van der Waals surface area (Å²) in [5.74, 6) is 1.44. The van der Waals surface area contributed by atoms with Gasteiger partial charge in [-0.3, -0.25) is 9.59 Å². The SMILES string of the molecule is COC(c1ccc2c(c1)OCCO2)[C@@H](CN1CCCC1)NC(=O)CCCC(=O)c1ccc(C)cc1. The van der Waals surface area contributed by atoms with Crippen LogP contribution in [0.5, 0.6) is 11.5 Å². The molecule has 1 fully saturated rings. The third kappa shape index (κ3) is 6.83. The van der Waals surface area contributed by atoms with Crippen LogP contribution in [-0.2, 0) is 9.53 Å². The molecule has 7 heteroatoms. The van der Waals surface area contributed by atoms with Crippen molar-refractivity contribution in [1.82, 2.24) is 10.2 Å². The summed E-state index contributed by atoms with van der Waals surface area (Å²) >= 11 is 0. The van der Waals surface area contributed by atoms with Crippen LogP contribution in [0.2, 0.25) is 0 Å². The number of fused-ring (bicyclic) bond motifs is 1. The molecule has 2 aromatic carbocycles. The molecule has 0 aromatic heterocycles. The lowest BCUT2D eigenvalue weighted by molar-refractivity contribution is -0.123. The summed E-state index contributed by atoms with van der Waals surface area (Å²) in [6.07, 6.45) is 3.17. The van der Waals surface area contributed by atoms with Crippen molar-refractivity contribution in [2.24, 2.45) is 0 Å². The van der Waals surface area contributed by atoms with Gasteiger partial charge in [0.2, 0.25) is 5.91 Å². The van der Waals surface area contributed by atoms with Gasteiger partial charge in [-0.2, -0.15) is 0 Å². The minimum Gasteiger partial charge on any atom is -0.486 e. The smallest absolute Gasteiger partial charge is 0.220 e. The highest BCUT2D eigenvalue weighted by atomic mass is 16.6. The number of rotatable bonds is 11. The zero-order valence-corrected chi connectivity index (χ0v) is 20.8. The number of ether oxygens (including phenoxy) is 3. The van der Waals surface area contributed by atoms with E-state index in [0.717, 1.165) is 30.0 Å². The largest absolute Gasteiger partial charge is 0.486 e. The van der Waals surface area contributed by atoms with Gasteiger partial charge in [-0.05, 0) is 57.0 Å². The second-order valence-electron chi connectivity index (χ2n) is 9.38. The molecule has 2 aliphatic rings. The van der Waals surface area contributed by atoms with E-state index < -0.39 is 0 Å². The monoisotopic (exact) mass is 480 g/mol. The van der Waals surface area contributed by atoms with Gasteiger partial charge in [-0.25, -0.2) is 0 Å². The number of Topliss-reactive ketones (excluding diaryl/α,β-unsaturated/α-hetero) is 1. The number of ketones is 1. The molecule has 2 aliphatic heterocycles. The normalized spacial score (nSPS) is 17.1. The Bertz CT molecular complexity index is 1000. The summed E-state index contributed by atoms with van der Waals surface area (Å²) in [4.78, 5) is 27.8. The maximum Gasteiger partial charge on any atom is 0.220 e. The number of carbonyl (C=O) groups excluding carboxylic acids is 2. The predicted octanol–water partition coefficient (Wildman–Crippen LogP) is 4.09. The van der Waals surface area contributed by atoms with Gasteiger partial charge in [-0.15, -0.1) is 0 Å². The predicted molar refractivity (Wildman–Crippen MR) is 134 cm³/mol. The third-order valence-electron chi connectivity index (χ3n) is 6.70.